The zero-order chi connectivity index (χ0) is 12.3. The molecule has 0 spiro atoms. The number of nitrogens with two attached hydrogens (primary N) is 1. The fourth-order valence-corrected chi connectivity index (χ4v) is 3.16. The van der Waals surface area contributed by atoms with E-state index < -0.39 is 0 Å². The van der Waals surface area contributed by atoms with Crippen molar-refractivity contribution in [3.8, 4) is 0 Å². The van der Waals surface area contributed by atoms with Crippen molar-refractivity contribution in [3.05, 3.63) is 16.1 Å². The van der Waals surface area contributed by atoms with Crippen LogP contribution in [0.25, 0.3) is 0 Å². The van der Waals surface area contributed by atoms with Gasteiger partial charge in [-0.25, -0.2) is 9.78 Å². The van der Waals surface area contributed by atoms with Crippen molar-refractivity contribution in [1.82, 2.24) is 4.98 Å². The molecule has 0 aromatic carbocycles. The van der Waals surface area contributed by atoms with E-state index in [1.165, 1.54) is 17.8 Å². The van der Waals surface area contributed by atoms with Gasteiger partial charge < -0.3 is 10.5 Å². The number of hydrogen-bond donors (Lipinski definition) is 1. The average molecular weight is 254 g/mol. The molecule has 0 aliphatic heterocycles. The quantitative estimate of drug-likeness (QED) is 0.841. The van der Waals surface area contributed by atoms with Gasteiger partial charge in [-0.3, -0.25) is 0 Å². The molecule has 1 fully saturated rings. The van der Waals surface area contributed by atoms with Gasteiger partial charge >= 0.3 is 5.97 Å². The first-order chi connectivity index (χ1) is 8.15. The molecular formula is C12H18N2O2S. The van der Waals surface area contributed by atoms with Crippen LogP contribution in [-0.4, -0.2) is 17.6 Å². The number of carbonyl (C=O) groups is 1. The average Bonchev–Trinajstić information content (AvgIpc) is 2.80. The highest BCUT2D eigenvalue weighted by Crippen LogP contribution is 2.36. The minimum Gasteiger partial charge on any atom is -0.461 e. The second kappa shape index (κ2) is 5.14. The standard InChI is InChI=1S/C12H18N2O2S/c1-2-16-10(15)9-8-17-11(14-9)12(13)6-4-3-5-7-12/h8H,2-7,13H2,1H3. The molecule has 17 heavy (non-hydrogen) atoms. The maximum atomic E-state index is 11.5. The van der Waals surface area contributed by atoms with Gasteiger partial charge in [0.25, 0.3) is 0 Å². The molecule has 5 heteroatoms. The van der Waals surface area contributed by atoms with Crippen LogP contribution in [-0.2, 0) is 10.3 Å². The van der Waals surface area contributed by atoms with Gasteiger partial charge in [0.05, 0.1) is 12.1 Å². The van der Waals surface area contributed by atoms with E-state index in [-0.39, 0.29) is 11.5 Å². The topological polar surface area (TPSA) is 65.2 Å². The van der Waals surface area contributed by atoms with Crippen LogP contribution in [0, 0.1) is 0 Å². The summed E-state index contributed by atoms with van der Waals surface area (Å²) in [5, 5.41) is 2.62. The summed E-state index contributed by atoms with van der Waals surface area (Å²) < 4.78 is 4.93. The highest BCUT2D eigenvalue weighted by Gasteiger charge is 2.32. The summed E-state index contributed by atoms with van der Waals surface area (Å²) >= 11 is 1.47. The Morgan fingerprint density at radius 2 is 2.24 bits per heavy atom. The van der Waals surface area contributed by atoms with E-state index in [0.717, 1.165) is 30.7 Å². The lowest BCUT2D eigenvalue weighted by Crippen LogP contribution is -2.38. The van der Waals surface area contributed by atoms with Crippen LogP contribution < -0.4 is 5.73 Å². The largest absolute Gasteiger partial charge is 0.461 e. The maximum Gasteiger partial charge on any atom is 0.357 e. The van der Waals surface area contributed by atoms with Gasteiger partial charge in [0.15, 0.2) is 5.69 Å². The lowest BCUT2D eigenvalue weighted by molar-refractivity contribution is 0.0520. The van der Waals surface area contributed by atoms with Crippen LogP contribution >= 0.6 is 11.3 Å². The number of nitrogens with zero attached hydrogens (tertiary/aromatic N) is 1. The number of esters is 1. The van der Waals surface area contributed by atoms with Crippen LogP contribution in [0.5, 0.6) is 0 Å². The summed E-state index contributed by atoms with van der Waals surface area (Å²) in [6.07, 6.45) is 5.45. The van der Waals surface area contributed by atoms with Gasteiger partial charge in [-0.1, -0.05) is 19.3 Å². The van der Waals surface area contributed by atoms with Crippen molar-refractivity contribution in [2.24, 2.45) is 5.73 Å². The van der Waals surface area contributed by atoms with Crippen LogP contribution in [0.2, 0.25) is 0 Å². The summed E-state index contributed by atoms with van der Waals surface area (Å²) in [5.74, 6) is -0.352. The molecule has 0 radical (unpaired) electrons. The molecule has 1 aliphatic rings. The Morgan fingerprint density at radius 1 is 1.53 bits per heavy atom. The normalized spacial score (nSPS) is 18.9. The first-order valence-corrected chi connectivity index (χ1v) is 6.96. The third-order valence-electron chi connectivity index (χ3n) is 3.16. The molecule has 0 unspecified atom stereocenters. The van der Waals surface area contributed by atoms with Gasteiger partial charge in [-0.2, -0.15) is 0 Å². The van der Waals surface area contributed by atoms with Crippen molar-refractivity contribution in [1.29, 1.82) is 0 Å². The third kappa shape index (κ3) is 2.66. The fraction of sp³-hybridized carbons (Fsp3) is 0.667. The first-order valence-electron chi connectivity index (χ1n) is 6.08. The number of ether oxygens (including phenoxy) is 1. The Morgan fingerprint density at radius 3 is 2.88 bits per heavy atom. The first kappa shape index (κ1) is 12.5. The molecule has 0 atom stereocenters. The Kier molecular flexibility index (Phi) is 3.79. The Hall–Kier alpha value is -0.940. The van der Waals surface area contributed by atoms with E-state index in [2.05, 4.69) is 4.98 Å². The van der Waals surface area contributed by atoms with Gasteiger partial charge in [-0.15, -0.1) is 11.3 Å². The van der Waals surface area contributed by atoms with Crippen molar-refractivity contribution in [3.63, 3.8) is 0 Å². The molecule has 1 aliphatic carbocycles. The molecule has 2 rings (SSSR count). The van der Waals surface area contributed by atoms with E-state index in [0.29, 0.717) is 12.3 Å². The zero-order valence-corrected chi connectivity index (χ0v) is 10.9. The summed E-state index contributed by atoms with van der Waals surface area (Å²) in [6.45, 7) is 2.16. The molecule has 1 heterocycles. The molecular weight excluding hydrogens is 236 g/mol. The smallest absolute Gasteiger partial charge is 0.357 e. The molecule has 1 saturated carbocycles. The molecule has 4 nitrogen and oxygen atoms in total. The van der Waals surface area contributed by atoms with E-state index in [9.17, 15) is 4.79 Å². The second-order valence-electron chi connectivity index (χ2n) is 4.48. The van der Waals surface area contributed by atoms with Gasteiger partial charge in [0.1, 0.15) is 5.01 Å². The number of carbonyl (C=O) groups excluding carboxylic acids is 1. The molecule has 1 aromatic rings. The fourth-order valence-electron chi connectivity index (χ4n) is 2.20. The van der Waals surface area contributed by atoms with Crippen LogP contribution in [0.3, 0.4) is 0 Å². The highest BCUT2D eigenvalue weighted by atomic mass is 32.1. The number of rotatable bonds is 3. The lowest BCUT2D eigenvalue weighted by Gasteiger charge is -2.31. The monoisotopic (exact) mass is 254 g/mol. The Labute approximate surface area is 105 Å². The number of thiazole rings is 1. The van der Waals surface area contributed by atoms with Crippen molar-refractivity contribution < 1.29 is 9.53 Å². The van der Waals surface area contributed by atoms with Crippen molar-refractivity contribution in [2.45, 2.75) is 44.6 Å². The van der Waals surface area contributed by atoms with Gasteiger partial charge in [0, 0.05) is 5.38 Å². The summed E-state index contributed by atoms with van der Waals surface area (Å²) in [4.78, 5) is 15.9. The van der Waals surface area contributed by atoms with Crippen LogP contribution in [0.4, 0.5) is 0 Å². The number of hydrogen-bond acceptors (Lipinski definition) is 5. The Bertz CT molecular complexity index is 397. The predicted octanol–water partition coefficient (Wildman–Crippen LogP) is 2.44. The third-order valence-corrected chi connectivity index (χ3v) is 4.22. The van der Waals surface area contributed by atoms with Crippen molar-refractivity contribution >= 4 is 17.3 Å². The van der Waals surface area contributed by atoms with Gasteiger partial charge in [-0.05, 0) is 19.8 Å². The molecule has 94 valence electrons. The van der Waals surface area contributed by atoms with Crippen LogP contribution in [0.15, 0.2) is 5.38 Å². The van der Waals surface area contributed by atoms with E-state index in [1.54, 1.807) is 12.3 Å². The minimum absolute atomic E-state index is 0.326. The highest BCUT2D eigenvalue weighted by molar-refractivity contribution is 7.10. The molecule has 0 saturated heterocycles. The summed E-state index contributed by atoms with van der Waals surface area (Å²) in [7, 11) is 0. The summed E-state index contributed by atoms with van der Waals surface area (Å²) in [5.41, 5.74) is 6.43. The molecule has 0 amide bonds. The zero-order valence-electron chi connectivity index (χ0n) is 10.1. The second-order valence-corrected chi connectivity index (χ2v) is 5.33. The lowest BCUT2D eigenvalue weighted by atomic mass is 9.83. The van der Waals surface area contributed by atoms with Crippen LogP contribution in [0.1, 0.15) is 54.5 Å². The van der Waals surface area contributed by atoms with E-state index >= 15 is 0 Å². The number of aromatic nitrogens is 1. The van der Waals surface area contributed by atoms with Gasteiger partial charge in [0.2, 0.25) is 0 Å². The Balaban J connectivity index is 2.14. The SMILES string of the molecule is CCOC(=O)c1csc(C2(N)CCCCC2)n1. The van der Waals surface area contributed by atoms with E-state index in [1.807, 2.05) is 0 Å². The predicted molar refractivity (Wildman–Crippen MR) is 67.0 cm³/mol. The maximum absolute atomic E-state index is 11.5. The van der Waals surface area contributed by atoms with E-state index in [4.69, 9.17) is 10.5 Å². The summed E-state index contributed by atoms with van der Waals surface area (Å²) in [6, 6.07) is 0. The minimum atomic E-state index is -0.352. The van der Waals surface area contributed by atoms with Crippen molar-refractivity contribution in [2.75, 3.05) is 6.61 Å². The molecule has 0 bridgehead atoms. The molecule has 1 aromatic heterocycles. The molecule has 2 N–H and O–H groups in total.